The molecule has 170 valence electrons. The minimum Gasteiger partial charge on any atom is -0.408 e. The Morgan fingerprint density at radius 3 is 2.72 bits per heavy atom. The molecule has 1 aliphatic rings. The van der Waals surface area contributed by atoms with Crippen molar-refractivity contribution in [3.05, 3.63) is 70.2 Å². The molecule has 2 heterocycles. The summed E-state index contributed by atoms with van der Waals surface area (Å²) in [6, 6.07) is 15.7. The van der Waals surface area contributed by atoms with Crippen molar-refractivity contribution < 1.29 is 13.9 Å². The van der Waals surface area contributed by atoms with Gasteiger partial charge in [-0.2, -0.15) is 0 Å². The summed E-state index contributed by atoms with van der Waals surface area (Å²) in [6.45, 7) is 5.50. The molecule has 1 saturated heterocycles. The van der Waals surface area contributed by atoms with Gasteiger partial charge in [-0.25, -0.2) is 9.59 Å². The third-order valence-electron chi connectivity index (χ3n) is 6.13. The lowest BCUT2D eigenvalue weighted by atomic mass is 9.95. The lowest BCUT2D eigenvalue weighted by Gasteiger charge is -2.47. The number of urea groups is 1. The summed E-state index contributed by atoms with van der Waals surface area (Å²) in [7, 11) is 1.68. The molecule has 0 bridgehead atoms. The minimum absolute atomic E-state index is 0.0994. The average molecular weight is 438 g/mol. The number of hydrogen-bond acceptors (Lipinski definition) is 4. The molecule has 2 aromatic carbocycles. The van der Waals surface area contributed by atoms with Gasteiger partial charge in [0.15, 0.2) is 5.58 Å². The SMILES string of the molecule is Cn1c(=O)oc2cc(C3COCC(C)(C)N3C(=O)NCCCCc3ccccc3)ccc21. The first kappa shape index (κ1) is 22.1. The molecule has 1 N–H and O–H groups in total. The largest absolute Gasteiger partial charge is 0.419 e. The van der Waals surface area contributed by atoms with Gasteiger partial charge in [-0.05, 0) is 56.4 Å². The highest BCUT2D eigenvalue weighted by molar-refractivity contribution is 5.77. The van der Waals surface area contributed by atoms with Crippen LogP contribution in [0.5, 0.6) is 0 Å². The molecular formula is C25H31N3O4. The maximum absolute atomic E-state index is 13.2. The van der Waals surface area contributed by atoms with Crippen molar-refractivity contribution in [1.29, 1.82) is 0 Å². The Bertz CT molecular complexity index is 1130. The number of oxazole rings is 1. The second kappa shape index (κ2) is 9.20. The summed E-state index contributed by atoms with van der Waals surface area (Å²) < 4.78 is 12.7. The number of carbonyl (C=O) groups excluding carboxylic acids is 1. The fourth-order valence-electron chi connectivity index (χ4n) is 4.38. The Labute approximate surface area is 188 Å². The Balaban J connectivity index is 1.44. The van der Waals surface area contributed by atoms with Crippen LogP contribution in [0.15, 0.2) is 57.7 Å². The Morgan fingerprint density at radius 1 is 1.16 bits per heavy atom. The number of morpholine rings is 1. The normalized spacial score (nSPS) is 18.1. The summed E-state index contributed by atoms with van der Waals surface area (Å²) in [4.78, 5) is 27.0. The molecule has 0 spiro atoms. The second-order valence-electron chi connectivity index (χ2n) is 9.04. The summed E-state index contributed by atoms with van der Waals surface area (Å²) in [5.41, 5.74) is 2.97. The molecule has 7 nitrogen and oxygen atoms in total. The Hall–Kier alpha value is -3.06. The first-order valence-corrected chi connectivity index (χ1v) is 11.1. The van der Waals surface area contributed by atoms with E-state index in [4.69, 9.17) is 9.15 Å². The van der Waals surface area contributed by atoms with E-state index in [0.717, 1.165) is 30.3 Å². The summed E-state index contributed by atoms with van der Waals surface area (Å²) in [5.74, 6) is -0.400. The number of amides is 2. The molecule has 1 aliphatic heterocycles. The van der Waals surface area contributed by atoms with E-state index in [-0.39, 0.29) is 12.1 Å². The number of aromatic nitrogens is 1. The van der Waals surface area contributed by atoms with E-state index in [0.29, 0.717) is 25.3 Å². The first-order chi connectivity index (χ1) is 15.4. The highest BCUT2D eigenvalue weighted by Gasteiger charge is 2.41. The highest BCUT2D eigenvalue weighted by atomic mass is 16.5. The molecule has 3 aromatic rings. The monoisotopic (exact) mass is 437 g/mol. The van der Waals surface area contributed by atoms with Gasteiger partial charge >= 0.3 is 11.8 Å². The van der Waals surface area contributed by atoms with Crippen LogP contribution < -0.4 is 11.1 Å². The molecule has 4 rings (SSSR count). The van der Waals surface area contributed by atoms with E-state index >= 15 is 0 Å². The van der Waals surface area contributed by atoms with Gasteiger partial charge in [0, 0.05) is 13.6 Å². The van der Waals surface area contributed by atoms with E-state index < -0.39 is 11.3 Å². The zero-order chi connectivity index (χ0) is 22.7. The van der Waals surface area contributed by atoms with Gasteiger partial charge in [0.05, 0.1) is 30.3 Å². The van der Waals surface area contributed by atoms with E-state index in [9.17, 15) is 9.59 Å². The van der Waals surface area contributed by atoms with Crippen molar-refractivity contribution >= 4 is 17.1 Å². The number of nitrogens with zero attached hydrogens (tertiary/aromatic N) is 2. The second-order valence-corrected chi connectivity index (χ2v) is 9.04. The zero-order valence-corrected chi connectivity index (χ0v) is 19.0. The van der Waals surface area contributed by atoms with Crippen LogP contribution in [-0.2, 0) is 18.2 Å². The van der Waals surface area contributed by atoms with E-state index in [1.807, 2.05) is 43.0 Å². The van der Waals surface area contributed by atoms with Crippen molar-refractivity contribution in [1.82, 2.24) is 14.8 Å². The number of ether oxygens (including phenoxy) is 1. The molecule has 0 aliphatic carbocycles. The quantitative estimate of drug-likeness (QED) is 0.591. The van der Waals surface area contributed by atoms with Gasteiger partial charge in [-0.15, -0.1) is 0 Å². The number of nitrogens with one attached hydrogen (secondary N) is 1. The summed E-state index contributed by atoms with van der Waals surface area (Å²) in [5, 5.41) is 3.10. The van der Waals surface area contributed by atoms with Crippen LogP contribution in [-0.4, -0.2) is 40.8 Å². The van der Waals surface area contributed by atoms with Crippen LogP contribution >= 0.6 is 0 Å². The number of fused-ring (bicyclic) bond motifs is 1. The van der Waals surface area contributed by atoms with Crippen LogP contribution in [0.1, 0.15) is 43.9 Å². The summed E-state index contributed by atoms with van der Waals surface area (Å²) >= 11 is 0. The molecule has 0 saturated carbocycles. The molecule has 1 aromatic heterocycles. The van der Waals surface area contributed by atoms with E-state index in [2.05, 4.69) is 29.6 Å². The third kappa shape index (κ3) is 4.58. The maximum atomic E-state index is 13.2. The van der Waals surface area contributed by atoms with Crippen molar-refractivity contribution in [2.75, 3.05) is 19.8 Å². The smallest absolute Gasteiger partial charge is 0.408 e. The van der Waals surface area contributed by atoms with Gasteiger partial charge in [0.2, 0.25) is 0 Å². The molecule has 1 atom stereocenters. The van der Waals surface area contributed by atoms with Crippen LogP contribution in [0.3, 0.4) is 0 Å². The lowest BCUT2D eigenvalue weighted by molar-refractivity contribution is -0.0656. The van der Waals surface area contributed by atoms with Crippen LogP contribution in [0, 0.1) is 0 Å². The van der Waals surface area contributed by atoms with Crippen molar-refractivity contribution in [2.24, 2.45) is 7.05 Å². The number of hydrogen-bond donors (Lipinski definition) is 1. The van der Waals surface area contributed by atoms with Crippen molar-refractivity contribution in [2.45, 2.75) is 44.7 Å². The Morgan fingerprint density at radius 2 is 1.94 bits per heavy atom. The number of rotatable bonds is 6. The standard InChI is InChI=1S/C25H31N3O4/c1-25(2)17-31-16-21(19-12-13-20-22(15-19)32-24(30)27(20)3)28(25)23(29)26-14-8-7-11-18-9-5-4-6-10-18/h4-6,9-10,12-13,15,21H,7-8,11,14,16-17H2,1-3H3,(H,26,29). The third-order valence-corrected chi connectivity index (χ3v) is 6.13. The lowest BCUT2D eigenvalue weighted by Crippen LogP contribution is -2.59. The van der Waals surface area contributed by atoms with Gasteiger partial charge in [-0.1, -0.05) is 36.4 Å². The molecular weight excluding hydrogens is 406 g/mol. The predicted molar refractivity (Wildman–Crippen MR) is 124 cm³/mol. The van der Waals surface area contributed by atoms with Crippen LogP contribution in [0.25, 0.3) is 11.1 Å². The Kier molecular flexibility index (Phi) is 6.37. The molecule has 2 amide bonds. The molecule has 7 heteroatoms. The topological polar surface area (TPSA) is 76.7 Å². The fraction of sp³-hybridized carbons (Fsp3) is 0.440. The first-order valence-electron chi connectivity index (χ1n) is 11.1. The van der Waals surface area contributed by atoms with Crippen LogP contribution in [0.2, 0.25) is 0 Å². The molecule has 32 heavy (non-hydrogen) atoms. The van der Waals surface area contributed by atoms with Crippen LogP contribution in [0.4, 0.5) is 4.79 Å². The minimum atomic E-state index is -0.469. The van der Waals surface area contributed by atoms with Gasteiger partial charge in [0.1, 0.15) is 0 Å². The molecule has 1 fully saturated rings. The number of aryl methyl sites for hydroxylation is 2. The molecule has 0 radical (unpaired) electrons. The highest BCUT2D eigenvalue weighted by Crippen LogP contribution is 2.34. The van der Waals surface area contributed by atoms with E-state index in [1.54, 1.807) is 7.05 Å². The number of benzene rings is 2. The van der Waals surface area contributed by atoms with E-state index in [1.165, 1.54) is 10.1 Å². The summed E-state index contributed by atoms with van der Waals surface area (Å²) in [6.07, 6.45) is 2.94. The fourth-order valence-corrected chi connectivity index (χ4v) is 4.38. The molecule has 1 unspecified atom stereocenters. The van der Waals surface area contributed by atoms with Crippen molar-refractivity contribution in [3.63, 3.8) is 0 Å². The van der Waals surface area contributed by atoms with Gasteiger partial charge in [0.25, 0.3) is 0 Å². The van der Waals surface area contributed by atoms with Crippen molar-refractivity contribution in [3.8, 4) is 0 Å². The number of carbonyl (C=O) groups is 1. The zero-order valence-electron chi connectivity index (χ0n) is 19.0. The van der Waals surface area contributed by atoms with Gasteiger partial charge in [-0.3, -0.25) is 4.57 Å². The maximum Gasteiger partial charge on any atom is 0.419 e. The predicted octanol–water partition coefficient (Wildman–Crippen LogP) is 4.02. The average Bonchev–Trinajstić information content (AvgIpc) is 3.06. The van der Waals surface area contributed by atoms with Gasteiger partial charge < -0.3 is 19.4 Å². The number of unbranched alkanes of at least 4 members (excludes halogenated alkanes) is 1.